The fourth-order valence-electron chi connectivity index (χ4n) is 3.70. The Kier molecular flexibility index (Phi) is 7.39. The topological polar surface area (TPSA) is 102 Å². The quantitative estimate of drug-likeness (QED) is 0.347. The van der Waals surface area contributed by atoms with E-state index in [4.69, 9.17) is 22.1 Å². The van der Waals surface area contributed by atoms with E-state index in [1.54, 1.807) is 11.1 Å². The Morgan fingerprint density at radius 3 is 2.74 bits per heavy atom. The highest BCUT2D eigenvalue weighted by molar-refractivity contribution is 7.15. The van der Waals surface area contributed by atoms with Gasteiger partial charge >= 0.3 is 0 Å². The molecule has 0 bridgehead atoms. The van der Waals surface area contributed by atoms with Crippen LogP contribution in [0.25, 0.3) is 16.2 Å². The van der Waals surface area contributed by atoms with E-state index in [0.717, 1.165) is 26.7 Å². The summed E-state index contributed by atoms with van der Waals surface area (Å²) in [5.74, 6) is 0.0134. The van der Waals surface area contributed by atoms with Crippen molar-refractivity contribution in [3.8, 4) is 16.3 Å². The molecular formula is C25H26ClN5O3S. The number of nitrogens with two attached hydrogens (primary N) is 1. The van der Waals surface area contributed by atoms with Gasteiger partial charge in [0.2, 0.25) is 11.8 Å². The number of aromatic nitrogens is 2. The second-order valence-electron chi connectivity index (χ2n) is 8.40. The molecule has 182 valence electrons. The SMILES string of the molecule is C[C@@H](Oc1cc(-c2cnc3ccc(NC(=O)CN(C)C)cn23)sc1CC(N)=O)c1ccccc1Cl. The lowest BCUT2D eigenvalue weighted by Crippen LogP contribution is -2.27. The van der Waals surface area contributed by atoms with E-state index in [9.17, 15) is 9.59 Å². The van der Waals surface area contributed by atoms with Crippen LogP contribution in [0.4, 0.5) is 5.69 Å². The number of halogens is 1. The first-order valence-electron chi connectivity index (χ1n) is 11.0. The molecule has 0 saturated heterocycles. The summed E-state index contributed by atoms with van der Waals surface area (Å²) < 4.78 is 8.14. The zero-order valence-electron chi connectivity index (χ0n) is 19.6. The number of nitrogens with zero attached hydrogens (tertiary/aromatic N) is 3. The molecule has 4 rings (SSSR count). The summed E-state index contributed by atoms with van der Waals surface area (Å²) in [6, 6.07) is 13.0. The molecule has 8 nitrogen and oxygen atoms in total. The first-order valence-corrected chi connectivity index (χ1v) is 12.1. The lowest BCUT2D eigenvalue weighted by atomic mass is 10.1. The van der Waals surface area contributed by atoms with E-state index in [0.29, 0.717) is 16.5 Å². The predicted molar refractivity (Wildman–Crippen MR) is 139 cm³/mol. The molecule has 2 amide bonds. The summed E-state index contributed by atoms with van der Waals surface area (Å²) in [6.07, 6.45) is 3.30. The summed E-state index contributed by atoms with van der Waals surface area (Å²) in [5.41, 5.74) is 8.54. The number of carbonyl (C=O) groups excluding carboxylic acids is 2. The Morgan fingerprint density at radius 1 is 1.26 bits per heavy atom. The molecule has 3 heterocycles. The Bertz CT molecular complexity index is 1380. The lowest BCUT2D eigenvalue weighted by molar-refractivity contribution is -0.118. The number of carbonyl (C=O) groups is 2. The maximum atomic E-state index is 12.2. The van der Waals surface area contributed by atoms with Crippen LogP contribution < -0.4 is 15.8 Å². The van der Waals surface area contributed by atoms with Crippen LogP contribution in [0.1, 0.15) is 23.5 Å². The summed E-state index contributed by atoms with van der Waals surface area (Å²) in [7, 11) is 3.67. The number of hydrogen-bond donors (Lipinski definition) is 2. The summed E-state index contributed by atoms with van der Waals surface area (Å²) >= 11 is 7.76. The number of nitrogens with one attached hydrogen (secondary N) is 1. The molecule has 1 aromatic carbocycles. The normalized spacial score (nSPS) is 12.1. The van der Waals surface area contributed by atoms with E-state index in [1.807, 2.05) is 74.1 Å². The molecule has 3 N–H and O–H groups in total. The molecule has 0 aliphatic heterocycles. The molecule has 4 aromatic rings. The van der Waals surface area contributed by atoms with Crippen molar-refractivity contribution in [3.63, 3.8) is 0 Å². The Labute approximate surface area is 212 Å². The van der Waals surface area contributed by atoms with E-state index in [2.05, 4.69) is 10.3 Å². The van der Waals surface area contributed by atoms with E-state index in [1.165, 1.54) is 11.3 Å². The van der Waals surface area contributed by atoms with Gasteiger partial charge in [-0.25, -0.2) is 4.98 Å². The molecule has 1 atom stereocenters. The van der Waals surface area contributed by atoms with Gasteiger partial charge in [-0.05, 0) is 39.2 Å². The monoisotopic (exact) mass is 511 g/mol. The highest BCUT2D eigenvalue weighted by atomic mass is 35.5. The molecule has 0 radical (unpaired) electrons. The van der Waals surface area contributed by atoms with Crippen molar-refractivity contribution in [2.45, 2.75) is 19.4 Å². The zero-order chi connectivity index (χ0) is 25.1. The van der Waals surface area contributed by atoms with Gasteiger partial charge in [0.15, 0.2) is 0 Å². The van der Waals surface area contributed by atoms with Gasteiger partial charge in [-0.15, -0.1) is 11.3 Å². The third-order valence-corrected chi connectivity index (χ3v) is 6.74. The number of primary amides is 1. The number of amides is 2. The number of ether oxygens (including phenoxy) is 1. The van der Waals surface area contributed by atoms with Gasteiger partial charge in [0.05, 0.1) is 40.3 Å². The number of fused-ring (bicyclic) bond motifs is 1. The molecule has 0 saturated carbocycles. The van der Waals surface area contributed by atoms with E-state index < -0.39 is 5.91 Å². The number of benzene rings is 1. The van der Waals surface area contributed by atoms with Crippen molar-refractivity contribution in [3.05, 3.63) is 70.3 Å². The Hall–Kier alpha value is -3.40. The minimum atomic E-state index is -0.447. The fourth-order valence-corrected chi connectivity index (χ4v) is 5.10. The Morgan fingerprint density at radius 2 is 2.03 bits per heavy atom. The summed E-state index contributed by atoms with van der Waals surface area (Å²) in [5, 5.41) is 3.51. The third-order valence-electron chi connectivity index (χ3n) is 5.25. The van der Waals surface area contributed by atoms with Crippen molar-refractivity contribution in [2.75, 3.05) is 26.0 Å². The predicted octanol–water partition coefficient (Wildman–Crippen LogP) is 4.38. The van der Waals surface area contributed by atoms with Gasteiger partial charge in [0.1, 0.15) is 17.5 Å². The molecular weight excluding hydrogens is 486 g/mol. The number of pyridine rings is 1. The summed E-state index contributed by atoms with van der Waals surface area (Å²) in [4.78, 5) is 31.8. The van der Waals surface area contributed by atoms with Crippen LogP contribution in [0.3, 0.4) is 0 Å². The number of imidazole rings is 1. The fraction of sp³-hybridized carbons (Fsp3) is 0.240. The van der Waals surface area contributed by atoms with Crippen LogP contribution in [-0.4, -0.2) is 46.7 Å². The van der Waals surface area contributed by atoms with Crippen LogP contribution >= 0.6 is 22.9 Å². The van der Waals surface area contributed by atoms with Gasteiger partial charge in [0.25, 0.3) is 0 Å². The number of hydrogen-bond acceptors (Lipinski definition) is 6. The van der Waals surface area contributed by atoms with Crippen molar-refractivity contribution < 1.29 is 14.3 Å². The average Bonchev–Trinajstić information content (AvgIpc) is 3.36. The zero-order valence-corrected chi connectivity index (χ0v) is 21.2. The van der Waals surface area contributed by atoms with Crippen molar-refractivity contribution in [1.29, 1.82) is 0 Å². The number of thiophene rings is 1. The van der Waals surface area contributed by atoms with E-state index >= 15 is 0 Å². The third kappa shape index (κ3) is 5.82. The second-order valence-corrected chi connectivity index (χ2v) is 9.94. The first kappa shape index (κ1) is 24.7. The van der Waals surface area contributed by atoms with E-state index in [-0.39, 0.29) is 25.0 Å². The molecule has 0 unspecified atom stereocenters. The number of anilines is 1. The lowest BCUT2D eigenvalue weighted by Gasteiger charge is -2.16. The van der Waals surface area contributed by atoms with Crippen LogP contribution in [0.15, 0.2) is 54.9 Å². The van der Waals surface area contributed by atoms with Gasteiger partial charge in [0, 0.05) is 22.8 Å². The number of rotatable bonds is 9. The molecule has 0 aliphatic rings. The molecule has 0 fully saturated rings. The molecule has 0 aliphatic carbocycles. The molecule has 3 aromatic heterocycles. The van der Waals surface area contributed by atoms with Gasteiger partial charge in [-0.2, -0.15) is 0 Å². The van der Waals surface area contributed by atoms with Gasteiger partial charge in [-0.3, -0.25) is 14.0 Å². The minimum Gasteiger partial charge on any atom is -0.485 e. The van der Waals surface area contributed by atoms with Crippen LogP contribution in [-0.2, 0) is 16.0 Å². The van der Waals surface area contributed by atoms with Gasteiger partial charge in [-0.1, -0.05) is 29.8 Å². The first-order chi connectivity index (χ1) is 16.7. The highest BCUT2D eigenvalue weighted by Gasteiger charge is 2.20. The maximum Gasteiger partial charge on any atom is 0.238 e. The van der Waals surface area contributed by atoms with Crippen molar-refractivity contribution in [1.82, 2.24) is 14.3 Å². The second kappa shape index (κ2) is 10.5. The van der Waals surface area contributed by atoms with Crippen LogP contribution in [0.5, 0.6) is 5.75 Å². The standard InChI is InChI=1S/C25H26ClN5O3S/c1-15(17-6-4-5-7-18(17)26)34-20-10-21(35-22(20)11-23(27)32)19-12-28-24-9-8-16(13-31(19)24)29-25(33)14-30(2)3/h4-10,12-13,15H,11,14H2,1-3H3,(H2,27,32)(H,29,33)/t15-/m1/s1. The number of likely N-dealkylation sites (N-methyl/N-ethyl adjacent to an activating group) is 1. The van der Waals surface area contributed by atoms with Crippen LogP contribution in [0.2, 0.25) is 5.02 Å². The van der Waals surface area contributed by atoms with Crippen LogP contribution in [0, 0.1) is 0 Å². The van der Waals surface area contributed by atoms with Gasteiger partial charge < -0.3 is 20.7 Å². The highest BCUT2D eigenvalue weighted by Crippen LogP contribution is 2.39. The molecule has 0 spiro atoms. The summed E-state index contributed by atoms with van der Waals surface area (Å²) in [6.45, 7) is 2.18. The van der Waals surface area contributed by atoms with Crippen molar-refractivity contribution in [2.24, 2.45) is 5.73 Å². The minimum absolute atomic E-state index is 0.0534. The average molecular weight is 512 g/mol. The largest absolute Gasteiger partial charge is 0.485 e. The molecule has 35 heavy (non-hydrogen) atoms. The smallest absolute Gasteiger partial charge is 0.238 e. The Balaban J connectivity index is 1.67. The molecule has 10 heteroatoms. The maximum absolute atomic E-state index is 12.2. The van der Waals surface area contributed by atoms with Crippen molar-refractivity contribution >= 4 is 46.1 Å².